The number of methoxy groups -OCH3 is 1. The first-order chi connectivity index (χ1) is 11.8. The summed E-state index contributed by atoms with van der Waals surface area (Å²) in [7, 11) is 1.42. The number of rotatable bonds is 6. The minimum absolute atomic E-state index is 0.0864. The number of nitrogens with zero attached hydrogens (tertiary/aromatic N) is 2. The van der Waals surface area contributed by atoms with E-state index in [-0.39, 0.29) is 12.0 Å². The summed E-state index contributed by atoms with van der Waals surface area (Å²) in [5.74, 6) is -0.181. The van der Waals surface area contributed by atoms with Crippen molar-refractivity contribution in [3.05, 3.63) is 90.0 Å². The van der Waals surface area contributed by atoms with E-state index in [9.17, 15) is 4.79 Å². The van der Waals surface area contributed by atoms with E-state index in [1.165, 1.54) is 18.2 Å². The third-order valence-electron chi connectivity index (χ3n) is 4.08. The van der Waals surface area contributed by atoms with Crippen molar-refractivity contribution >= 4 is 5.97 Å². The van der Waals surface area contributed by atoms with Crippen molar-refractivity contribution in [3.8, 4) is 0 Å². The van der Waals surface area contributed by atoms with E-state index in [1.54, 1.807) is 6.20 Å². The average molecular weight is 320 g/mol. The Bertz CT molecular complexity index is 765. The van der Waals surface area contributed by atoms with Crippen molar-refractivity contribution in [3.63, 3.8) is 0 Å². The second kappa shape index (κ2) is 7.59. The largest absolute Gasteiger partial charge is 0.469 e. The van der Waals surface area contributed by atoms with E-state index in [4.69, 9.17) is 4.74 Å². The normalized spacial score (nSPS) is 11.9. The van der Waals surface area contributed by atoms with Crippen molar-refractivity contribution < 1.29 is 9.53 Å². The minimum Gasteiger partial charge on any atom is -0.469 e. The molecule has 0 aliphatic rings. The van der Waals surface area contributed by atoms with Crippen LogP contribution in [0.1, 0.15) is 29.2 Å². The number of imidazole rings is 1. The van der Waals surface area contributed by atoms with Gasteiger partial charge in [0, 0.05) is 18.8 Å². The van der Waals surface area contributed by atoms with Crippen LogP contribution in [0, 0.1) is 0 Å². The predicted octanol–water partition coefficient (Wildman–Crippen LogP) is 3.63. The van der Waals surface area contributed by atoms with Crippen molar-refractivity contribution in [2.24, 2.45) is 0 Å². The predicted molar refractivity (Wildman–Crippen MR) is 92.7 cm³/mol. The van der Waals surface area contributed by atoms with Crippen LogP contribution in [0.3, 0.4) is 0 Å². The first-order valence-electron chi connectivity index (χ1n) is 7.96. The van der Waals surface area contributed by atoms with Crippen LogP contribution in [0.25, 0.3) is 0 Å². The Morgan fingerprint density at radius 3 is 2.42 bits per heavy atom. The molecule has 1 atom stereocenters. The average Bonchev–Trinajstić information content (AvgIpc) is 3.16. The Balaban J connectivity index is 1.85. The molecule has 0 amide bonds. The number of aryl methyl sites for hydroxylation is 1. The smallest absolute Gasteiger partial charge is 0.305 e. The number of benzene rings is 2. The zero-order valence-corrected chi connectivity index (χ0v) is 13.6. The number of aromatic nitrogens is 2. The van der Waals surface area contributed by atoms with E-state index in [0.717, 1.165) is 5.56 Å². The van der Waals surface area contributed by atoms with Gasteiger partial charge >= 0.3 is 5.97 Å². The highest BCUT2D eigenvalue weighted by atomic mass is 16.5. The van der Waals surface area contributed by atoms with Crippen molar-refractivity contribution in [2.75, 3.05) is 7.11 Å². The summed E-state index contributed by atoms with van der Waals surface area (Å²) in [5.41, 5.74) is 3.51. The Labute approximate surface area is 141 Å². The summed E-state index contributed by atoms with van der Waals surface area (Å²) in [6.45, 7) is 0. The van der Waals surface area contributed by atoms with Crippen molar-refractivity contribution in [2.45, 2.75) is 18.9 Å². The van der Waals surface area contributed by atoms with Crippen LogP contribution in [0.4, 0.5) is 0 Å². The molecule has 3 aromatic rings. The van der Waals surface area contributed by atoms with E-state index in [1.807, 2.05) is 30.7 Å². The van der Waals surface area contributed by atoms with Crippen LogP contribution in [0.2, 0.25) is 0 Å². The molecule has 0 bridgehead atoms. The maximum atomic E-state index is 11.3. The molecular weight excluding hydrogens is 300 g/mol. The van der Waals surface area contributed by atoms with Gasteiger partial charge in [-0.05, 0) is 23.1 Å². The fourth-order valence-corrected chi connectivity index (χ4v) is 2.81. The lowest BCUT2D eigenvalue weighted by atomic mass is 9.97. The molecule has 1 aromatic heterocycles. The molecule has 0 fully saturated rings. The minimum atomic E-state index is -0.181. The van der Waals surface area contributed by atoms with Gasteiger partial charge in [0.1, 0.15) is 0 Å². The monoisotopic (exact) mass is 320 g/mol. The molecule has 0 saturated carbocycles. The van der Waals surface area contributed by atoms with Gasteiger partial charge < -0.3 is 9.30 Å². The highest BCUT2D eigenvalue weighted by Gasteiger charge is 2.15. The van der Waals surface area contributed by atoms with E-state index >= 15 is 0 Å². The number of hydrogen-bond acceptors (Lipinski definition) is 3. The first-order valence-corrected chi connectivity index (χ1v) is 7.96. The molecule has 1 heterocycles. The lowest BCUT2D eigenvalue weighted by molar-refractivity contribution is -0.140. The van der Waals surface area contributed by atoms with Crippen molar-refractivity contribution in [1.29, 1.82) is 0 Å². The molecule has 122 valence electrons. The first kappa shape index (κ1) is 16.0. The number of carbonyl (C=O) groups is 1. The SMILES string of the molecule is COC(=O)CCc1ccc(C(c2ccccc2)n2ccnc2)cc1. The third kappa shape index (κ3) is 3.71. The van der Waals surface area contributed by atoms with Crippen LogP contribution < -0.4 is 0 Å². The summed E-state index contributed by atoms with van der Waals surface area (Å²) in [4.78, 5) is 15.4. The van der Waals surface area contributed by atoms with Crippen LogP contribution in [0.15, 0.2) is 73.3 Å². The highest BCUT2D eigenvalue weighted by molar-refractivity contribution is 5.69. The fraction of sp³-hybridized carbons (Fsp3) is 0.200. The molecular formula is C20H20N2O2. The number of ether oxygens (including phenoxy) is 1. The van der Waals surface area contributed by atoms with Gasteiger partial charge in [-0.2, -0.15) is 0 Å². The fourth-order valence-electron chi connectivity index (χ4n) is 2.81. The zero-order chi connectivity index (χ0) is 16.8. The summed E-state index contributed by atoms with van der Waals surface area (Å²) >= 11 is 0. The Kier molecular flexibility index (Phi) is 5.06. The van der Waals surface area contributed by atoms with Crippen LogP contribution in [-0.4, -0.2) is 22.6 Å². The highest BCUT2D eigenvalue weighted by Crippen LogP contribution is 2.26. The van der Waals surface area contributed by atoms with Gasteiger partial charge in [0.25, 0.3) is 0 Å². The van der Waals surface area contributed by atoms with Gasteiger partial charge in [-0.15, -0.1) is 0 Å². The lowest BCUT2D eigenvalue weighted by Gasteiger charge is -2.20. The summed E-state index contributed by atoms with van der Waals surface area (Å²) in [6.07, 6.45) is 6.69. The van der Waals surface area contributed by atoms with Crippen molar-refractivity contribution in [1.82, 2.24) is 9.55 Å². The summed E-state index contributed by atoms with van der Waals surface area (Å²) in [6, 6.07) is 18.8. The number of carbonyl (C=O) groups excluding carboxylic acids is 1. The van der Waals surface area contributed by atoms with E-state index in [0.29, 0.717) is 12.8 Å². The van der Waals surface area contributed by atoms with E-state index in [2.05, 4.69) is 45.9 Å². The maximum absolute atomic E-state index is 11.3. The van der Waals surface area contributed by atoms with Crippen LogP contribution in [0.5, 0.6) is 0 Å². The number of esters is 1. The van der Waals surface area contributed by atoms with Gasteiger partial charge in [-0.3, -0.25) is 4.79 Å². The molecule has 24 heavy (non-hydrogen) atoms. The van der Waals surface area contributed by atoms with Gasteiger partial charge in [0.15, 0.2) is 0 Å². The van der Waals surface area contributed by atoms with E-state index < -0.39 is 0 Å². The molecule has 2 aromatic carbocycles. The molecule has 0 aliphatic carbocycles. The molecule has 0 radical (unpaired) electrons. The summed E-state index contributed by atoms with van der Waals surface area (Å²) < 4.78 is 6.79. The van der Waals surface area contributed by atoms with Gasteiger partial charge in [-0.1, -0.05) is 54.6 Å². The molecule has 4 nitrogen and oxygen atoms in total. The second-order valence-corrected chi connectivity index (χ2v) is 5.64. The van der Waals surface area contributed by atoms with Gasteiger partial charge in [-0.25, -0.2) is 4.98 Å². The third-order valence-corrected chi connectivity index (χ3v) is 4.08. The molecule has 3 rings (SSSR count). The van der Waals surface area contributed by atoms with Crippen LogP contribution >= 0.6 is 0 Å². The maximum Gasteiger partial charge on any atom is 0.305 e. The Morgan fingerprint density at radius 2 is 1.79 bits per heavy atom. The quantitative estimate of drug-likeness (QED) is 0.652. The number of hydrogen-bond donors (Lipinski definition) is 0. The second-order valence-electron chi connectivity index (χ2n) is 5.64. The lowest BCUT2D eigenvalue weighted by Crippen LogP contribution is -2.10. The van der Waals surface area contributed by atoms with Gasteiger partial charge in [0.05, 0.1) is 19.5 Å². The van der Waals surface area contributed by atoms with Crippen LogP contribution in [-0.2, 0) is 16.0 Å². The molecule has 0 spiro atoms. The molecule has 4 heteroatoms. The summed E-state index contributed by atoms with van der Waals surface area (Å²) in [5, 5.41) is 0. The zero-order valence-electron chi connectivity index (χ0n) is 13.6. The Hall–Kier alpha value is -2.88. The molecule has 0 N–H and O–H groups in total. The van der Waals surface area contributed by atoms with Gasteiger partial charge in [0.2, 0.25) is 0 Å². The standard InChI is InChI=1S/C20H20N2O2/c1-24-19(23)12-9-16-7-10-18(11-8-16)20(22-14-13-21-15-22)17-5-3-2-4-6-17/h2-8,10-11,13-15,20H,9,12H2,1H3. The molecule has 1 unspecified atom stereocenters. The molecule has 0 aliphatic heterocycles. The Morgan fingerprint density at radius 1 is 1.08 bits per heavy atom. The topological polar surface area (TPSA) is 44.1 Å². The molecule has 0 saturated heterocycles.